The lowest BCUT2D eigenvalue weighted by molar-refractivity contribution is -0.140. The normalized spacial score (nSPS) is 12.8. The SMILES string of the molecule is CC[C@@H](C)NC(=O)[C@@H](Cc1ccccc1)N(Cc1cccc(Br)c1)C(=O)CN(c1ccccc1C)S(C)(=O)=O. The molecule has 2 atom stereocenters. The predicted molar refractivity (Wildman–Crippen MR) is 160 cm³/mol. The summed E-state index contributed by atoms with van der Waals surface area (Å²) in [6.45, 7) is 5.40. The van der Waals surface area contributed by atoms with Crippen molar-refractivity contribution >= 4 is 43.5 Å². The van der Waals surface area contributed by atoms with E-state index >= 15 is 0 Å². The van der Waals surface area contributed by atoms with Gasteiger partial charge in [0.2, 0.25) is 21.8 Å². The maximum Gasteiger partial charge on any atom is 0.244 e. The molecule has 3 aromatic carbocycles. The Hall–Kier alpha value is -3.17. The number of rotatable bonds is 12. The fourth-order valence-corrected chi connectivity index (χ4v) is 5.62. The number of aryl methyl sites for hydroxylation is 1. The summed E-state index contributed by atoms with van der Waals surface area (Å²) in [5.41, 5.74) is 2.87. The molecule has 2 amide bonds. The van der Waals surface area contributed by atoms with E-state index in [2.05, 4.69) is 21.2 Å². The van der Waals surface area contributed by atoms with Gasteiger partial charge in [-0.2, -0.15) is 0 Å². The van der Waals surface area contributed by atoms with E-state index in [1.807, 2.05) is 74.5 Å². The van der Waals surface area contributed by atoms with E-state index in [1.165, 1.54) is 4.90 Å². The second-order valence-corrected chi connectivity index (χ2v) is 12.6. The Morgan fingerprint density at radius 2 is 1.59 bits per heavy atom. The molecule has 0 spiro atoms. The van der Waals surface area contributed by atoms with Gasteiger partial charge in [0.1, 0.15) is 12.6 Å². The van der Waals surface area contributed by atoms with Gasteiger partial charge in [-0.25, -0.2) is 8.42 Å². The van der Waals surface area contributed by atoms with Crippen molar-refractivity contribution in [1.82, 2.24) is 10.2 Å². The number of benzene rings is 3. The van der Waals surface area contributed by atoms with E-state index in [9.17, 15) is 18.0 Å². The van der Waals surface area contributed by atoms with Crippen molar-refractivity contribution in [2.75, 3.05) is 17.1 Å². The van der Waals surface area contributed by atoms with Crippen molar-refractivity contribution in [2.24, 2.45) is 0 Å². The summed E-state index contributed by atoms with van der Waals surface area (Å²) in [5.74, 6) is -0.748. The minimum atomic E-state index is -3.80. The van der Waals surface area contributed by atoms with Gasteiger partial charge in [-0.05, 0) is 55.2 Å². The van der Waals surface area contributed by atoms with Gasteiger partial charge in [0.05, 0.1) is 11.9 Å². The maximum atomic E-state index is 14.1. The van der Waals surface area contributed by atoms with Gasteiger partial charge >= 0.3 is 0 Å². The molecular formula is C30H36BrN3O4S. The maximum absolute atomic E-state index is 14.1. The first kappa shape index (κ1) is 30.4. The zero-order chi connectivity index (χ0) is 28.6. The molecule has 0 bridgehead atoms. The van der Waals surface area contributed by atoms with Crippen LogP contribution in [0.25, 0.3) is 0 Å². The van der Waals surface area contributed by atoms with E-state index in [0.717, 1.165) is 38.1 Å². The van der Waals surface area contributed by atoms with E-state index < -0.39 is 28.5 Å². The fraction of sp³-hybridized carbons (Fsp3) is 0.333. The molecule has 0 aliphatic carbocycles. The third kappa shape index (κ3) is 8.66. The molecule has 9 heteroatoms. The summed E-state index contributed by atoms with van der Waals surface area (Å²) >= 11 is 3.49. The first-order valence-electron chi connectivity index (χ1n) is 12.9. The van der Waals surface area contributed by atoms with Crippen LogP contribution < -0.4 is 9.62 Å². The molecule has 1 N–H and O–H groups in total. The molecular weight excluding hydrogens is 578 g/mol. The molecule has 0 fully saturated rings. The van der Waals surface area contributed by atoms with Crippen LogP contribution in [0.2, 0.25) is 0 Å². The standard InChI is InChI=1S/C30H36BrN3O4S/c1-5-23(3)32-30(36)28(19-24-13-7-6-8-14-24)33(20-25-15-11-16-26(31)18-25)29(35)21-34(39(4,37)38)27-17-10-9-12-22(27)2/h6-18,23,28H,5,19-21H2,1-4H3,(H,32,36)/t23-,28-/m1/s1. The van der Waals surface area contributed by atoms with E-state index in [1.54, 1.807) is 25.1 Å². The smallest absolute Gasteiger partial charge is 0.244 e. The van der Waals surface area contributed by atoms with Crippen LogP contribution >= 0.6 is 15.9 Å². The van der Waals surface area contributed by atoms with Crippen LogP contribution in [0.4, 0.5) is 5.69 Å². The monoisotopic (exact) mass is 613 g/mol. The molecule has 0 saturated heterocycles. The molecule has 0 aromatic heterocycles. The minimum Gasteiger partial charge on any atom is -0.352 e. The number of carbonyl (C=O) groups excluding carboxylic acids is 2. The van der Waals surface area contributed by atoms with Gasteiger partial charge < -0.3 is 10.2 Å². The second kappa shape index (κ2) is 13.8. The Labute approximate surface area is 240 Å². The van der Waals surface area contributed by atoms with Gasteiger partial charge in [0, 0.05) is 23.5 Å². The predicted octanol–water partition coefficient (Wildman–Crippen LogP) is 5.08. The zero-order valence-electron chi connectivity index (χ0n) is 22.8. The lowest BCUT2D eigenvalue weighted by Gasteiger charge is -2.34. The third-order valence-corrected chi connectivity index (χ3v) is 8.20. The van der Waals surface area contributed by atoms with Crippen molar-refractivity contribution in [1.29, 1.82) is 0 Å². The van der Waals surface area contributed by atoms with Gasteiger partial charge in [0.15, 0.2) is 0 Å². The van der Waals surface area contributed by atoms with Crippen molar-refractivity contribution < 1.29 is 18.0 Å². The number of sulfonamides is 1. The summed E-state index contributed by atoms with van der Waals surface area (Å²) in [6, 6.07) is 23.1. The first-order valence-corrected chi connectivity index (χ1v) is 15.5. The second-order valence-electron chi connectivity index (χ2n) is 9.73. The Morgan fingerprint density at radius 3 is 2.21 bits per heavy atom. The van der Waals surface area contributed by atoms with Crippen molar-refractivity contribution in [3.05, 3.63) is 100 Å². The van der Waals surface area contributed by atoms with Crippen LogP contribution in [0.1, 0.15) is 37.0 Å². The summed E-state index contributed by atoms with van der Waals surface area (Å²) in [7, 11) is -3.80. The Balaban J connectivity index is 2.07. The average molecular weight is 615 g/mol. The molecule has 7 nitrogen and oxygen atoms in total. The van der Waals surface area contributed by atoms with Crippen molar-refractivity contribution in [2.45, 2.75) is 52.2 Å². The Morgan fingerprint density at radius 1 is 0.949 bits per heavy atom. The van der Waals surface area contributed by atoms with Crippen LogP contribution in [0.5, 0.6) is 0 Å². The molecule has 0 radical (unpaired) electrons. The fourth-order valence-electron chi connectivity index (χ4n) is 4.27. The number of nitrogens with zero attached hydrogens (tertiary/aromatic N) is 2. The van der Waals surface area contributed by atoms with Gasteiger partial charge in [-0.15, -0.1) is 0 Å². The van der Waals surface area contributed by atoms with Gasteiger partial charge in [-0.3, -0.25) is 13.9 Å². The highest BCUT2D eigenvalue weighted by Gasteiger charge is 2.33. The lowest BCUT2D eigenvalue weighted by atomic mass is 10.0. The topological polar surface area (TPSA) is 86.8 Å². The van der Waals surface area contributed by atoms with E-state index in [4.69, 9.17) is 0 Å². The van der Waals surface area contributed by atoms with Gasteiger partial charge in [0.25, 0.3) is 0 Å². The number of anilines is 1. The summed E-state index contributed by atoms with van der Waals surface area (Å²) in [5, 5.41) is 3.03. The molecule has 0 aliphatic heterocycles. The Bertz CT molecular complexity index is 1380. The molecule has 3 aromatic rings. The molecule has 0 unspecified atom stereocenters. The summed E-state index contributed by atoms with van der Waals surface area (Å²) < 4.78 is 27.7. The molecule has 3 rings (SSSR count). The highest BCUT2D eigenvalue weighted by molar-refractivity contribution is 9.10. The van der Waals surface area contributed by atoms with Crippen LogP contribution in [-0.4, -0.2) is 50.0 Å². The Kier molecular flexibility index (Phi) is 10.7. The number of carbonyl (C=O) groups is 2. The van der Waals surface area contributed by atoms with Gasteiger partial charge in [-0.1, -0.05) is 83.5 Å². The van der Waals surface area contributed by atoms with Crippen LogP contribution in [-0.2, 0) is 32.6 Å². The number of amides is 2. The van der Waals surface area contributed by atoms with E-state index in [0.29, 0.717) is 5.69 Å². The number of para-hydroxylation sites is 1. The lowest BCUT2D eigenvalue weighted by Crippen LogP contribution is -2.54. The number of hydrogen-bond donors (Lipinski definition) is 1. The zero-order valence-corrected chi connectivity index (χ0v) is 25.2. The molecule has 0 heterocycles. The van der Waals surface area contributed by atoms with Crippen LogP contribution in [0.15, 0.2) is 83.3 Å². The third-order valence-electron chi connectivity index (χ3n) is 6.58. The quantitative estimate of drug-likeness (QED) is 0.309. The highest BCUT2D eigenvalue weighted by Crippen LogP contribution is 2.24. The summed E-state index contributed by atoms with van der Waals surface area (Å²) in [4.78, 5) is 29.3. The summed E-state index contributed by atoms with van der Waals surface area (Å²) in [6.07, 6.45) is 2.10. The van der Waals surface area contributed by atoms with Crippen LogP contribution in [0.3, 0.4) is 0 Å². The number of hydrogen-bond acceptors (Lipinski definition) is 4. The largest absolute Gasteiger partial charge is 0.352 e. The molecule has 0 aliphatic rings. The van der Waals surface area contributed by atoms with Crippen molar-refractivity contribution in [3.8, 4) is 0 Å². The van der Waals surface area contributed by atoms with Crippen LogP contribution in [0, 0.1) is 6.92 Å². The minimum absolute atomic E-state index is 0.0851. The average Bonchev–Trinajstić information content (AvgIpc) is 2.89. The molecule has 39 heavy (non-hydrogen) atoms. The molecule has 208 valence electrons. The highest BCUT2D eigenvalue weighted by atomic mass is 79.9. The van der Waals surface area contributed by atoms with E-state index in [-0.39, 0.29) is 24.9 Å². The number of nitrogens with one attached hydrogen (secondary N) is 1. The number of halogens is 1. The first-order chi connectivity index (χ1) is 18.5. The molecule has 0 saturated carbocycles. The van der Waals surface area contributed by atoms with Crippen molar-refractivity contribution in [3.63, 3.8) is 0 Å².